The van der Waals surface area contributed by atoms with Crippen molar-refractivity contribution >= 4 is 0 Å². The van der Waals surface area contributed by atoms with Gasteiger partial charge in [0.25, 0.3) is 0 Å². The van der Waals surface area contributed by atoms with Gasteiger partial charge >= 0.3 is 6.18 Å². The zero-order chi connectivity index (χ0) is 29.5. The minimum atomic E-state index is -4.68. The Bertz CT molecular complexity index is 1170. The van der Waals surface area contributed by atoms with Gasteiger partial charge in [-0.3, -0.25) is 0 Å². The van der Waals surface area contributed by atoms with Crippen molar-refractivity contribution in [3.63, 3.8) is 0 Å². The van der Waals surface area contributed by atoms with Gasteiger partial charge in [0.05, 0.1) is 13.2 Å². The van der Waals surface area contributed by atoms with Gasteiger partial charge in [0.1, 0.15) is 22.9 Å². The molecule has 0 spiro atoms. The van der Waals surface area contributed by atoms with Crippen LogP contribution < -0.4 is 9.47 Å². The molecule has 0 saturated heterocycles. The van der Waals surface area contributed by atoms with Crippen molar-refractivity contribution in [2.24, 2.45) is 0 Å². The van der Waals surface area contributed by atoms with Gasteiger partial charge in [-0.1, -0.05) is 108 Å². The zero-order valence-corrected chi connectivity index (χ0v) is 24.5. The van der Waals surface area contributed by atoms with Gasteiger partial charge in [0, 0.05) is 5.56 Å². The average molecular weight is 573 g/mol. The van der Waals surface area contributed by atoms with Gasteiger partial charge in [-0.05, 0) is 59.9 Å². The Morgan fingerprint density at radius 1 is 0.610 bits per heavy atom. The van der Waals surface area contributed by atoms with Crippen molar-refractivity contribution in [3.8, 4) is 33.8 Å². The molecule has 0 bridgehead atoms. The van der Waals surface area contributed by atoms with E-state index in [1.165, 1.54) is 49.9 Å². The van der Waals surface area contributed by atoms with Crippen LogP contribution >= 0.6 is 0 Å². The lowest BCUT2D eigenvalue weighted by Crippen LogP contribution is -2.12. The van der Waals surface area contributed by atoms with E-state index >= 15 is 0 Å². The molecule has 0 radical (unpaired) electrons. The molecule has 0 unspecified atom stereocenters. The molecule has 0 aromatic heterocycles. The smallest absolute Gasteiger partial charge is 0.420 e. The third-order valence-electron chi connectivity index (χ3n) is 7.25. The summed E-state index contributed by atoms with van der Waals surface area (Å²) in [7, 11) is 0. The largest absolute Gasteiger partial charge is 0.494 e. The molecule has 3 rings (SSSR count). The number of unbranched alkanes of at least 4 members (excludes halogenated alkanes) is 10. The van der Waals surface area contributed by atoms with Gasteiger partial charge in [-0.2, -0.15) is 13.2 Å². The first kappa shape index (κ1) is 32.5. The number of halogens is 4. The molecule has 0 N–H and O–H groups in total. The molecule has 0 aliphatic carbocycles. The van der Waals surface area contributed by atoms with E-state index in [4.69, 9.17) is 9.47 Å². The zero-order valence-electron chi connectivity index (χ0n) is 24.5. The SMILES string of the molecule is CCCCCCCCOc1ccc(-c2c(-c3cccc(F)c3)ccc(OCCCCCCCC)c2C(F)(F)F)cc1. The quantitative estimate of drug-likeness (QED) is 0.111. The summed E-state index contributed by atoms with van der Waals surface area (Å²) >= 11 is 0. The number of alkyl halides is 3. The van der Waals surface area contributed by atoms with Crippen LogP contribution in [0.1, 0.15) is 96.5 Å². The maximum Gasteiger partial charge on any atom is 0.420 e. The van der Waals surface area contributed by atoms with Crippen LogP contribution in [0.5, 0.6) is 11.5 Å². The van der Waals surface area contributed by atoms with Crippen molar-refractivity contribution in [1.82, 2.24) is 0 Å². The number of hydrogen-bond acceptors (Lipinski definition) is 2. The Labute approximate surface area is 243 Å². The summed E-state index contributed by atoms with van der Waals surface area (Å²) in [6, 6.07) is 15.3. The fraction of sp³-hybridized carbons (Fsp3) is 0.486. The summed E-state index contributed by atoms with van der Waals surface area (Å²) in [5.41, 5.74) is 0.173. The van der Waals surface area contributed by atoms with Gasteiger partial charge < -0.3 is 9.47 Å². The highest BCUT2D eigenvalue weighted by Gasteiger charge is 2.39. The lowest BCUT2D eigenvalue weighted by molar-refractivity contribution is -0.138. The van der Waals surface area contributed by atoms with Gasteiger partial charge in [-0.25, -0.2) is 4.39 Å². The van der Waals surface area contributed by atoms with E-state index in [-0.39, 0.29) is 17.9 Å². The molecule has 3 aromatic carbocycles. The molecule has 0 aliphatic heterocycles. The fourth-order valence-corrected chi connectivity index (χ4v) is 5.04. The molecular weight excluding hydrogens is 528 g/mol. The number of hydrogen-bond donors (Lipinski definition) is 0. The van der Waals surface area contributed by atoms with E-state index in [9.17, 15) is 17.6 Å². The van der Waals surface area contributed by atoms with Crippen LogP contribution in [0, 0.1) is 5.82 Å². The van der Waals surface area contributed by atoms with Gasteiger partial charge in [0.15, 0.2) is 0 Å². The highest BCUT2D eigenvalue weighted by atomic mass is 19.4. The number of rotatable bonds is 18. The second-order valence-electron chi connectivity index (χ2n) is 10.6. The van der Waals surface area contributed by atoms with Crippen LogP contribution in [0.25, 0.3) is 22.3 Å². The molecule has 224 valence electrons. The van der Waals surface area contributed by atoms with Crippen molar-refractivity contribution in [3.05, 3.63) is 72.0 Å². The van der Waals surface area contributed by atoms with E-state index in [1.54, 1.807) is 36.4 Å². The summed E-state index contributed by atoms with van der Waals surface area (Å²) < 4.78 is 69.9. The van der Waals surface area contributed by atoms with E-state index in [0.717, 1.165) is 44.9 Å². The average Bonchev–Trinajstić information content (AvgIpc) is 2.95. The molecule has 0 fully saturated rings. The lowest BCUT2D eigenvalue weighted by atomic mass is 9.89. The van der Waals surface area contributed by atoms with Crippen molar-refractivity contribution in [1.29, 1.82) is 0 Å². The molecule has 2 nitrogen and oxygen atoms in total. The van der Waals surface area contributed by atoms with E-state index in [2.05, 4.69) is 13.8 Å². The van der Waals surface area contributed by atoms with Crippen LogP contribution in [-0.2, 0) is 6.18 Å². The van der Waals surface area contributed by atoms with Crippen LogP contribution in [0.4, 0.5) is 17.6 Å². The number of ether oxygens (including phenoxy) is 2. The fourth-order valence-electron chi connectivity index (χ4n) is 5.04. The summed E-state index contributed by atoms with van der Waals surface area (Å²) in [4.78, 5) is 0. The van der Waals surface area contributed by atoms with Gasteiger partial charge in [0.2, 0.25) is 0 Å². The third-order valence-corrected chi connectivity index (χ3v) is 7.25. The van der Waals surface area contributed by atoms with E-state index in [0.29, 0.717) is 35.5 Å². The van der Waals surface area contributed by atoms with Crippen LogP contribution in [0.15, 0.2) is 60.7 Å². The Hall–Kier alpha value is -3.02. The van der Waals surface area contributed by atoms with Crippen LogP contribution in [-0.4, -0.2) is 13.2 Å². The summed E-state index contributed by atoms with van der Waals surface area (Å²) in [6.45, 7) is 5.10. The summed E-state index contributed by atoms with van der Waals surface area (Å²) in [6.07, 6.45) is 8.25. The lowest BCUT2D eigenvalue weighted by Gasteiger charge is -2.22. The topological polar surface area (TPSA) is 18.5 Å². The first-order chi connectivity index (χ1) is 19.8. The minimum absolute atomic E-state index is 0.0222. The van der Waals surface area contributed by atoms with E-state index in [1.807, 2.05) is 0 Å². The Kier molecular flexibility index (Phi) is 13.5. The third kappa shape index (κ3) is 10.4. The number of benzene rings is 3. The second kappa shape index (κ2) is 17.1. The molecule has 41 heavy (non-hydrogen) atoms. The van der Waals surface area contributed by atoms with E-state index < -0.39 is 17.6 Å². The molecule has 0 heterocycles. The first-order valence-electron chi connectivity index (χ1n) is 15.2. The normalized spacial score (nSPS) is 11.6. The molecule has 6 heteroatoms. The Morgan fingerprint density at radius 3 is 1.78 bits per heavy atom. The molecular formula is C35H44F4O2. The summed E-state index contributed by atoms with van der Waals surface area (Å²) in [5.74, 6) is -0.105. The molecule has 3 aromatic rings. The van der Waals surface area contributed by atoms with Crippen LogP contribution in [0.2, 0.25) is 0 Å². The Balaban J connectivity index is 1.87. The maximum absolute atomic E-state index is 14.7. The van der Waals surface area contributed by atoms with Gasteiger partial charge in [-0.15, -0.1) is 0 Å². The second-order valence-corrected chi connectivity index (χ2v) is 10.6. The highest BCUT2D eigenvalue weighted by molar-refractivity contribution is 5.88. The molecule has 0 amide bonds. The minimum Gasteiger partial charge on any atom is -0.494 e. The highest BCUT2D eigenvalue weighted by Crippen LogP contribution is 2.47. The van der Waals surface area contributed by atoms with Crippen molar-refractivity contribution in [2.75, 3.05) is 13.2 Å². The molecule has 0 atom stereocenters. The van der Waals surface area contributed by atoms with Crippen molar-refractivity contribution in [2.45, 2.75) is 97.1 Å². The molecule has 0 aliphatic rings. The predicted octanol–water partition coefficient (Wildman–Crippen LogP) is 11.7. The monoisotopic (exact) mass is 572 g/mol. The van der Waals surface area contributed by atoms with Crippen molar-refractivity contribution < 1.29 is 27.0 Å². The predicted molar refractivity (Wildman–Crippen MR) is 160 cm³/mol. The Morgan fingerprint density at radius 2 is 1.20 bits per heavy atom. The van der Waals surface area contributed by atoms with Crippen LogP contribution in [0.3, 0.4) is 0 Å². The standard InChI is InChI=1S/C35H44F4O2/c1-3-5-7-9-11-13-24-40-30-20-18-27(19-21-30)33-31(28-16-15-17-29(36)26-28)22-23-32(34(33)35(37,38)39)41-25-14-12-10-8-6-4-2/h15-23,26H,3-14,24-25H2,1-2H3. The summed E-state index contributed by atoms with van der Waals surface area (Å²) in [5, 5.41) is 0. The maximum atomic E-state index is 14.7. The first-order valence-corrected chi connectivity index (χ1v) is 15.2. The molecule has 0 saturated carbocycles.